The number of esters is 1. The fourth-order valence-electron chi connectivity index (χ4n) is 2.65. The lowest BCUT2D eigenvalue weighted by Crippen LogP contribution is -2.27. The molecule has 0 aromatic heterocycles. The van der Waals surface area contributed by atoms with E-state index in [1.165, 1.54) is 6.08 Å². The van der Waals surface area contributed by atoms with Crippen LogP contribution in [0.1, 0.15) is 36.7 Å². The number of benzene rings is 2. The Kier molecular flexibility index (Phi) is 6.74. The minimum absolute atomic E-state index is 0.120. The lowest BCUT2D eigenvalue weighted by Gasteiger charge is -2.18. The first kappa shape index (κ1) is 22.1. The maximum Gasteiger partial charge on any atom is 0.331 e. The molecule has 0 spiro atoms. The van der Waals surface area contributed by atoms with Gasteiger partial charge in [-0.05, 0) is 48.0 Å². The smallest absolute Gasteiger partial charge is 0.331 e. The zero-order valence-electron chi connectivity index (χ0n) is 17.8. The van der Waals surface area contributed by atoms with Crippen LogP contribution in [0.4, 0.5) is 5.69 Å². The van der Waals surface area contributed by atoms with E-state index in [9.17, 15) is 14.4 Å². The summed E-state index contributed by atoms with van der Waals surface area (Å²) in [5.74, 6) is 0.206. The third kappa shape index (κ3) is 6.18. The number of anilines is 1. The first-order valence-corrected chi connectivity index (χ1v) is 9.91. The molecule has 162 valence electrons. The van der Waals surface area contributed by atoms with Crippen molar-refractivity contribution in [2.45, 2.75) is 20.8 Å². The first-order chi connectivity index (χ1) is 14.7. The molecule has 2 aromatic carbocycles. The Bertz CT molecular complexity index is 1000. The molecule has 0 saturated carbocycles. The van der Waals surface area contributed by atoms with E-state index >= 15 is 0 Å². The second-order valence-electron chi connectivity index (χ2n) is 8.05. The number of carbonyl (C=O) groups excluding carboxylic acids is 3. The van der Waals surface area contributed by atoms with Crippen LogP contribution < -0.4 is 14.8 Å². The molecule has 0 unspecified atom stereocenters. The number of hydrogen-bond donors (Lipinski definition) is 1. The fraction of sp³-hybridized carbons (Fsp3) is 0.292. The summed E-state index contributed by atoms with van der Waals surface area (Å²) in [6.07, 6.45) is 2.83. The Morgan fingerprint density at radius 2 is 1.68 bits per heavy atom. The van der Waals surface area contributed by atoms with Crippen LogP contribution in [0.3, 0.4) is 0 Å². The van der Waals surface area contributed by atoms with Crippen LogP contribution in [-0.2, 0) is 14.3 Å². The van der Waals surface area contributed by atoms with Crippen LogP contribution in [0, 0.1) is 5.41 Å². The molecule has 1 heterocycles. The normalized spacial score (nSPS) is 13.0. The quantitative estimate of drug-likeness (QED) is 0.431. The van der Waals surface area contributed by atoms with E-state index < -0.39 is 11.4 Å². The molecule has 0 fully saturated rings. The maximum absolute atomic E-state index is 12.3. The molecule has 3 rings (SSSR count). The standard InChI is InChI=1S/C24H25NO6/c1-24(2,3)23(28)25-18-8-6-17(7-9-18)19(26)15-31-22(27)11-5-16-4-10-20-21(14-16)30-13-12-29-20/h4-11,14H,12-13,15H2,1-3H3,(H,25,28)/b11-5+. The summed E-state index contributed by atoms with van der Waals surface area (Å²) >= 11 is 0. The van der Waals surface area contributed by atoms with Gasteiger partial charge in [-0.1, -0.05) is 26.8 Å². The Labute approximate surface area is 181 Å². The van der Waals surface area contributed by atoms with Crippen LogP contribution in [-0.4, -0.2) is 37.5 Å². The molecule has 0 bridgehead atoms. The number of rotatable bonds is 6. The average Bonchev–Trinajstić information content (AvgIpc) is 2.75. The van der Waals surface area contributed by atoms with E-state index in [1.807, 2.05) is 20.8 Å². The zero-order valence-corrected chi connectivity index (χ0v) is 17.8. The molecule has 0 aliphatic carbocycles. The molecular formula is C24H25NO6. The lowest BCUT2D eigenvalue weighted by molar-refractivity contribution is -0.136. The van der Waals surface area contributed by atoms with Crippen molar-refractivity contribution in [1.29, 1.82) is 0 Å². The molecule has 2 aromatic rings. The topological polar surface area (TPSA) is 90.9 Å². The summed E-state index contributed by atoms with van der Waals surface area (Å²) in [6.45, 7) is 6.06. The average molecular weight is 423 g/mol. The first-order valence-electron chi connectivity index (χ1n) is 9.91. The van der Waals surface area contributed by atoms with Crippen molar-refractivity contribution in [1.82, 2.24) is 0 Å². The number of ether oxygens (including phenoxy) is 3. The van der Waals surface area contributed by atoms with Gasteiger partial charge in [0.15, 0.2) is 23.9 Å². The highest BCUT2D eigenvalue weighted by Crippen LogP contribution is 2.31. The second-order valence-corrected chi connectivity index (χ2v) is 8.05. The lowest BCUT2D eigenvalue weighted by atomic mass is 9.95. The van der Waals surface area contributed by atoms with Crippen molar-refractivity contribution < 1.29 is 28.6 Å². The number of amides is 1. The van der Waals surface area contributed by atoms with Crippen LogP contribution in [0.15, 0.2) is 48.5 Å². The highest BCUT2D eigenvalue weighted by molar-refractivity contribution is 6.00. The molecule has 1 N–H and O–H groups in total. The summed E-state index contributed by atoms with van der Waals surface area (Å²) in [7, 11) is 0. The highest BCUT2D eigenvalue weighted by Gasteiger charge is 2.21. The van der Waals surface area contributed by atoms with Crippen molar-refractivity contribution in [3.05, 3.63) is 59.7 Å². The van der Waals surface area contributed by atoms with Crippen LogP contribution >= 0.6 is 0 Å². The van der Waals surface area contributed by atoms with Gasteiger partial charge in [0.1, 0.15) is 13.2 Å². The number of nitrogens with one attached hydrogen (secondary N) is 1. The van der Waals surface area contributed by atoms with Gasteiger partial charge in [0.05, 0.1) is 0 Å². The van der Waals surface area contributed by atoms with Crippen LogP contribution in [0.25, 0.3) is 6.08 Å². The molecule has 1 aliphatic rings. The van der Waals surface area contributed by atoms with Gasteiger partial charge in [0, 0.05) is 22.7 Å². The summed E-state index contributed by atoms with van der Waals surface area (Å²) in [5.41, 5.74) is 1.21. The van der Waals surface area contributed by atoms with Gasteiger partial charge in [0.25, 0.3) is 0 Å². The van der Waals surface area contributed by atoms with Crippen molar-refractivity contribution >= 4 is 29.4 Å². The number of hydrogen-bond acceptors (Lipinski definition) is 6. The monoisotopic (exact) mass is 423 g/mol. The maximum atomic E-state index is 12.3. The van der Waals surface area contributed by atoms with Gasteiger partial charge in [-0.15, -0.1) is 0 Å². The summed E-state index contributed by atoms with van der Waals surface area (Å²) in [6, 6.07) is 11.8. The number of ketones is 1. The molecule has 1 aliphatic heterocycles. The Morgan fingerprint density at radius 3 is 2.35 bits per heavy atom. The van der Waals surface area contributed by atoms with E-state index in [-0.39, 0.29) is 18.3 Å². The highest BCUT2D eigenvalue weighted by atomic mass is 16.6. The molecule has 7 heteroatoms. The third-order valence-electron chi connectivity index (χ3n) is 4.47. The molecular weight excluding hydrogens is 398 g/mol. The van der Waals surface area contributed by atoms with Crippen molar-refractivity contribution in [3.8, 4) is 11.5 Å². The van der Waals surface area contributed by atoms with Crippen LogP contribution in [0.2, 0.25) is 0 Å². The predicted octanol–water partition coefficient (Wildman–Crippen LogP) is 3.88. The van der Waals surface area contributed by atoms with E-state index in [1.54, 1.807) is 48.5 Å². The van der Waals surface area contributed by atoms with Gasteiger partial charge in [-0.2, -0.15) is 0 Å². The van der Waals surface area contributed by atoms with Gasteiger partial charge in [0.2, 0.25) is 5.91 Å². The minimum Gasteiger partial charge on any atom is -0.486 e. The summed E-state index contributed by atoms with van der Waals surface area (Å²) in [5, 5.41) is 2.79. The van der Waals surface area contributed by atoms with Crippen LogP contribution in [0.5, 0.6) is 11.5 Å². The second kappa shape index (κ2) is 9.47. The van der Waals surface area contributed by atoms with Gasteiger partial charge >= 0.3 is 5.97 Å². The van der Waals surface area contributed by atoms with Crippen molar-refractivity contribution in [2.75, 3.05) is 25.1 Å². The largest absolute Gasteiger partial charge is 0.486 e. The number of carbonyl (C=O) groups is 3. The molecule has 1 amide bonds. The van der Waals surface area contributed by atoms with Crippen molar-refractivity contribution in [3.63, 3.8) is 0 Å². The summed E-state index contributed by atoms with van der Waals surface area (Å²) in [4.78, 5) is 36.2. The molecule has 0 atom stereocenters. The molecule has 7 nitrogen and oxygen atoms in total. The van der Waals surface area contributed by atoms with E-state index in [0.717, 1.165) is 5.56 Å². The predicted molar refractivity (Wildman–Crippen MR) is 116 cm³/mol. The summed E-state index contributed by atoms with van der Waals surface area (Å²) < 4.78 is 16.0. The fourth-order valence-corrected chi connectivity index (χ4v) is 2.65. The minimum atomic E-state index is -0.628. The molecule has 0 radical (unpaired) electrons. The van der Waals surface area contributed by atoms with Crippen molar-refractivity contribution in [2.24, 2.45) is 5.41 Å². The SMILES string of the molecule is CC(C)(C)C(=O)Nc1ccc(C(=O)COC(=O)/C=C/c2ccc3c(c2)OCCO3)cc1. The molecule has 0 saturated heterocycles. The van der Waals surface area contributed by atoms with Gasteiger partial charge in [-0.25, -0.2) is 4.79 Å². The van der Waals surface area contributed by atoms with E-state index in [4.69, 9.17) is 14.2 Å². The van der Waals surface area contributed by atoms with Gasteiger partial charge in [-0.3, -0.25) is 9.59 Å². The Morgan fingerprint density at radius 1 is 1.00 bits per heavy atom. The Hall–Kier alpha value is -3.61. The number of Topliss-reactive ketones (excluding diaryl/α,β-unsaturated/α-hetero) is 1. The third-order valence-corrected chi connectivity index (χ3v) is 4.47. The van der Waals surface area contributed by atoms with E-state index in [2.05, 4.69) is 5.32 Å². The van der Waals surface area contributed by atoms with Gasteiger partial charge < -0.3 is 19.5 Å². The molecule has 31 heavy (non-hydrogen) atoms. The Balaban J connectivity index is 1.50. The zero-order chi connectivity index (χ0) is 22.4. The van der Waals surface area contributed by atoms with E-state index in [0.29, 0.717) is 36.0 Å². The number of fused-ring (bicyclic) bond motifs is 1.